The van der Waals surface area contributed by atoms with Crippen LogP contribution in [0.15, 0.2) is 41.8 Å². The number of benzene rings is 1. The molecule has 5 heteroatoms. The molecule has 1 rings (SSSR count). The lowest BCUT2D eigenvalue weighted by molar-refractivity contribution is 0.419. The second-order valence-electron chi connectivity index (χ2n) is 4.69. The molecule has 0 fully saturated rings. The first-order chi connectivity index (χ1) is 9.52. The molecule has 0 atom stereocenters. The molecule has 0 bridgehead atoms. The van der Waals surface area contributed by atoms with Gasteiger partial charge in [0.05, 0.1) is 4.90 Å². The minimum Gasteiger partial charge on any atom is -0.207 e. The molecule has 0 radical (unpaired) electrons. The number of hydrogen-bond acceptors (Lipinski definition) is 2. The van der Waals surface area contributed by atoms with Gasteiger partial charge in [0, 0.05) is 18.4 Å². The van der Waals surface area contributed by atoms with Crippen molar-refractivity contribution in [1.82, 2.24) is 4.31 Å². The number of nitrogens with zero attached hydrogens (tertiary/aromatic N) is 1. The number of alkyl halides is 1. The first-order valence-corrected chi connectivity index (χ1v) is 9.32. The van der Waals surface area contributed by atoms with Gasteiger partial charge in [-0.3, -0.25) is 0 Å². The molecule has 112 valence electrons. The Labute approximate surface area is 130 Å². The van der Waals surface area contributed by atoms with Gasteiger partial charge in [-0.1, -0.05) is 39.7 Å². The standard InChI is InChI=1S/C15H22BrNO2S/c1-3-4-5-6-12-17(13-11-16)20(18,19)15-9-7-14(2)8-10-15/h3,7-10H,1,4-6,11-13H2,2H3. The van der Waals surface area contributed by atoms with Gasteiger partial charge in [-0.25, -0.2) is 8.42 Å². The Hall–Kier alpha value is -0.650. The first kappa shape index (κ1) is 17.4. The van der Waals surface area contributed by atoms with Gasteiger partial charge in [0.1, 0.15) is 0 Å². The largest absolute Gasteiger partial charge is 0.243 e. The molecule has 3 nitrogen and oxygen atoms in total. The van der Waals surface area contributed by atoms with E-state index in [1.165, 1.54) is 0 Å². The van der Waals surface area contributed by atoms with E-state index in [1.807, 2.05) is 25.1 Å². The molecule has 1 aromatic rings. The molecule has 0 N–H and O–H groups in total. The quantitative estimate of drug-likeness (QED) is 0.382. The van der Waals surface area contributed by atoms with E-state index in [9.17, 15) is 8.42 Å². The number of halogens is 1. The Bertz CT molecular complexity index is 511. The van der Waals surface area contributed by atoms with Crippen molar-refractivity contribution in [1.29, 1.82) is 0 Å². The fourth-order valence-corrected chi connectivity index (χ4v) is 4.02. The summed E-state index contributed by atoms with van der Waals surface area (Å²) < 4.78 is 26.7. The maximum atomic E-state index is 12.6. The number of rotatable bonds is 9. The monoisotopic (exact) mass is 359 g/mol. The number of hydrogen-bond donors (Lipinski definition) is 0. The lowest BCUT2D eigenvalue weighted by atomic mass is 10.2. The maximum absolute atomic E-state index is 12.6. The summed E-state index contributed by atoms with van der Waals surface area (Å²) in [5, 5.41) is 0.638. The molecule has 0 unspecified atom stereocenters. The normalized spacial score (nSPS) is 11.8. The molecule has 0 heterocycles. The molecule has 0 aliphatic carbocycles. The van der Waals surface area contributed by atoms with Gasteiger partial charge < -0.3 is 0 Å². The predicted molar refractivity (Wildman–Crippen MR) is 87.8 cm³/mol. The average Bonchev–Trinajstić information content (AvgIpc) is 2.42. The maximum Gasteiger partial charge on any atom is 0.243 e. The molecule has 0 spiro atoms. The zero-order valence-electron chi connectivity index (χ0n) is 11.9. The van der Waals surface area contributed by atoms with Crippen LogP contribution in [0.4, 0.5) is 0 Å². The smallest absolute Gasteiger partial charge is 0.207 e. The number of sulfonamides is 1. The second kappa shape index (κ2) is 8.60. The second-order valence-corrected chi connectivity index (χ2v) is 7.42. The van der Waals surface area contributed by atoms with Gasteiger partial charge in [0.25, 0.3) is 0 Å². The molecule has 0 aliphatic rings. The summed E-state index contributed by atoms with van der Waals surface area (Å²) in [6, 6.07) is 7.01. The summed E-state index contributed by atoms with van der Waals surface area (Å²) in [5.74, 6) is 0. The van der Waals surface area contributed by atoms with Crippen molar-refractivity contribution >= 4 is 26.0 Å². The summed E-state index contributed by atoms with van der Waals surface area (Å²) in [6.07, 6.45) is 4.60. The summed E-state index contributed by atoms with van der Waals surface area (Å²) >= 11 is 3.33. The summed E-state index contributed by atoms with van der Waals surface area (Å²) in [7, 11) is -3.39. The number of allylic oxidation sites excluding steroid dienone is 1. The summed E-state index contributed by atoms with van der Waals surface area (Å²) in [6.45, 7) is 6.67. The highest BCUT2D eigenvalue weighted by molar-refractivity contribution is 9.09. The molecular weight excluding hydrogens is 338 g/mol. The van der Waals surface area contributed by atoms with E-state index >= 15 is 0 Å². The molecule has 0 amide bonds. The van der Waals surface area contributed by atoms with Crippen molar-refractivity contribution in [2.24, 2.45) is 0 Å². The van der Waals surface area contributed by atoms with Crippen LogP contribution in [-0.2, 0) is 10.0 Å². The minimum absolute atomic E-state index is 0.368. The molecule has 0 aliphatic heterocycles. The van der Waals surface area contributed by atoms with E-state index < -0.39 is 10.0 Å². The Morgan fingerprint density at radius 3 is 2.40 bits per heavy atom. The molecule has 0 aromatic heterocycles. The van der Waals surface area contributed by atoms with Gasteiger partial charge in [-0.05, 0) is 38.3 Å². The lowest BCUT2D eigenvalue weighted by Gasteiger charge is -2.21. The van der Waals surface area contributed by atoms with Crippen LogP contribution in [0, 0.1) is 6.92 Å². The van der Waals surface area contributed by atoms with E-state index in [2.05, 4.69) is 22.5 Å². The summed E-state index contributed by atoms with van der Waals surface area (Å²) in [5.41, 5.74) is 1.06. The van der Waals surface area contributed by atoms with Gasteiger partial charge in [0.15, 0.2) is 0 Å². The molecule has 1 aromatic carbocycles. The van der Waals surface area contributed by atoms with Crippen molar-refractivity contribution in [3.8, 4) is 0 Å². The van der Waals surface area contributed by atoms with Crippen LogP contribution in [0.2, 0.25) is 0 Å². The first-order valence-electron chi connectivity index (χ1n) is 6.76. The van der Waals surface area contributed by atoms with Crippen molar-refractivity contribution in [2.45, 2.75) is 31.1 Å². The highest BCUT2D eigenvalue weighted by Gasteiger charge is 2.23. The number of aryl methyl sites for hydroxylation is 1. The zero-order chi connectivity index (χ0) is 15.0. The molecule has 0 saturated heterocycles. The van der Waals surface area contributed by atoms with Crippen LogP contribution in [0.1, 0.15) is 24.8 Å². The Balaban J connectivity index is 2.82. The average molecular weight is 360 g/mol. The summed E-state index contributed by atoms with van der Waals surface area (Å²) in [4.78, 5) is 0.368. The van der Waals surface area contributed by atoms with Crippen LogP contribution in [0.25, 0.3) is 0 Å². The van der Waals surface area contributed by atoms with Gasteiger partial charge >= 0.3 is 0 Å². The number of unbranched alkanes of at least 4 members (excludes halogenated alkanes) is 2. The van der Waals surface area contributed by atoms with Gasteiger partial charge in [-0.2, -0.15) is 4.31 Å². The van der Waals surface area contributed by atoms with Crippen molar-refractivity contribution in [3.63, 3.8) is 0 Å². The van der Waals surface area contributed by atoms with Gasteiger partial charge in [-0.15, -0.1) is 6.58 Å². The van der Waals surface area contributed by atoms with E-state index in [0.717, 1.165) is 24.8 Å². The van der Waals surface area contributed by atoms with Crippen LogP contribution in [0.5, 0.6) is 0 Å². The van der Waals surface area contributed by atoms with Crippen molar-refractivity contribution in [2.75, 3.05) is 18.4 Å². The third-order valence-corrected chi connectivity index (χ3v) is 5.33. The SMILES string of the molecule is C=CCCCCN(CCBr)S(=O)(=O)c1ccc(C)cc1. The van der Waals surface area contributed by atoms with Crippen LogP contribution >= 0.6 is 15.9 Å². The van der Waals surface area contributed by atoms with Crippen molar-refractivity contribution < 1.29 is 8.42 Å². The fourth-order valence-electron chi connectivity index (χ4n) is 1.88. The van der Waals surface area contributed by atoms with Crippen molar-refractivity contribution in [3.05, 3.63) is 42.5 Å². The Kier molecular flexibility index (Phi) is 7.48. The van der Waals surface area contributed by atoms with Crippen LogP contribution in [-0.4, -0.2) is 31.1 Å². The predicted octanol–water partition coefficient (Wildman–Crippen LogP) is 3.74. The third kappa shape index (κ3) is 5.04. The Morgan fingerprint density at radius 2 is 1.85 bits per heavy atom. The fraction of sp³-hybridized carbons (Fsp3) is 0.467. The minimum atomic E-state index is -3.39. The zero-order valence-corrected chi connectivity index (χ0v) is 14.3. The van der Waals surface area contributed by atoms with E-state index in [4.69, 9.17) is 0 Å². The molecule has 20 heavy (non-hydrogen) atoms. The molecule has 0 saturated carbocycles. The highest BCUT2D eigenvalue weighted by atomic mass is 79.9. The van der Waals surface area contributed by atoms with Crippen LogP contribution < -0.4 is 0 Å². The highest BCUT2D eigenvalue weighted by Crippen LogP contribution is 2.17. The molecular formula is C15H22BrNO2S. The lowest BCUT2D eigenvalue weighted by Crippen LogP contribution is -2.33. The third-order valence-electron chi connectivity index (χ3n) is 3.06. The van der Waals surface area contributed by atoms with E-state index in [1.54, 1.807) is 16.4 Å². The van der Waals surface area contributed by atoms with Gasteiger partial charge in [0.2, 0.25) is 10.0 Å². The Morgan fingerprint density at radius 1 is 1.20 bits per heavy atom. The van der Waals surface area contributed by atoms with Crippen LogP contribution in [0.3, 0.4) is 0 Å². The topological polar surface area (TPSA) is 37.4 Å². The van der Waals surface area contributed by atoms with E-state index in [0.29, 0.717) is 23.3 Å². The van der Waals surface area contributed by atoms with E-state index in [-0.39, 0.29) is 0 Å².